The Morgan fingerprint density at radius 3 is 2.27 bits per heavy atom. The van der Waals surface area contributed by atoms with Gasteiger partial charge in [-0.25, -0.2) is 4.79 Å². The molecule has 0 amide bonds. The Kier molecular flexibility index (Phi) is 12.3. The van der Waals surface area contributed by atoms with E-state index in [1.165, 1.54) is 0 Å². The van der Waals surface area contributed by atoms with E-state index >= 15 is 0 Å². The molecule has 15 heavy (non-hydrogen) atoms. The molecule has 0 saturated carbocycles. The van der Waals surface area contributed by atoms with Crippen molar-refractivity contribution < 1.29 is 33.5 Å². The Balaban J connectivity index is 0. The first-order valence-corrected chi connectivity index (χ1v) is 4.39. The van der Waals surface area contributed by atoms with E-state index in [4.69, 9.17) is 9.84 Å². The average molecular weight is 202 g/mol. The standard InChI is InChI=1S/C8H8O3.C3H7.Li/c9-8(10)6-11-7-4-2-1-3-5-7;1-3-2;/h1-5H,6H2,(H,9,10);1,3H2,2H3;/q;-1;+1. The summed E-state index contributed by atoms with van der Waals surface area (Å²) in [6, 6.07) is 8.84. The van der Waals surface area contributed by atoms with E-state index in [-0.39, 0.29) is 25.5 Å². The van der Waals surface area contributed by atoms with Crippen LogP contribution in [0.4, 0.5) is 0 Å². The van der Waals surface area contributed by atoms with Gasteiger partial charge in [-0.2, -0.15) is 6.42 Å². The van der Waals surface area contributed by atoms with Gasteiger partial charge in [-0.15, -0.1) is 0 Å². The van der Waals surface area contributed by atoms with Crippen LogP contribution < -0.4 is 23.6 Å². The fourth-order valence-corrected chi connectivity index (χ4v) is 0.662. The number of carboxylic acids is 1. The van der Waals surface area contributed by atoms with Crippen molar-refractivity contribution in [1.82, 2.24) is 0 Å². The topological polar surface area (TPSA) is 46.5 Å². The zero-order valence-corrected chi connectivity index (χ0v) is 9.27. The van der Waals surface area contributed by atoms with Gasteiger partial charge in [0.1, 0.15) is 5.75 Å². The van der Waals surface area contributed by atoms with Crippen molar-refractivity contribution in [2.45, 2.75) is 13.3 Å². The molecule has 0 aliphatic heterocycles. The second-order valence-electron chi connectivity index (χ2n) is 2.50. The maximum Gasteiger partial charge on any atom is 1.00 e. The van der Waals surface area contributed by atoms with Gasteiger partial charge in [0.2, 0.25) is 0 Å². The van der Waals surface area contributed by atoms with Crippen LogP contribution >= 0.6 is 0 Å². The van der Waals surface area contributed by atoms with Crippen molar-refractivity contribution in [3.8, 4) is 5.75 Å². The Hall–Kier alpha value is -0.913. The first-order valence-electron chi connectivity index (χ1n) is 4.39. The molecule has 0 spiro atoms. The van der Waals surface area contributed by atoms with E-state index in [1.807, 2.05) is 13.0 Å². The van der Waals surface area contributed by atoms with Crippen LogP contribution in [-0.2, 0) is 4.79 Å². The molecule has 0 heterocycles. The molecule has 0 unspecified atom stereocenters. The summed E-state index contributed by atoms with van der Waals surface area (Å²) in [6.07, 6.45) is 1.00. The number of rotatable bonds is 3. The summed E-state index contributed by atoms with van der Waals surface area (Å²) in [5.74, 6) is -0.385. The minimum atomic E-state index is -0.964. The van der Waals surface area contributed by atoms with Gasteiger partial charge in [-0.05, 0) is 12.1 Å². The third-order valence-corrected chi connectivity index (χ3v) is 1.11. The van der Waals surface area contributed by atoms with Crippen molar-refractivity contribution >= 4 is 5.97 Å². The molecule has 1 N–H and O–H groups in total. The first-order chi connectivity index (χ1) is 6.70. The molecule has 0 bridgehead atoms. The van der Waals surface area contributed by atoms with Crippen LogP contribution in [-0.4, -0.2) is 17.7 Å². The first kappa shape index (κ1) is 16.5. The molecule has 78 valence electrons. The molecule has 1 aromatic carbocycles. The summed E-state index contributed by atoms with van der Waals surface area (Å²) in [4.78, 5) is 10.0. The van der Waals surface area contributed by atoms with Crippen molar-refractivity contribution in [2.24, 2.45) is 0 Å². The number of hydrogen-bond donors (Lipinski definition) is 1. The van der Waals surface area contributed by atoms with Gasteiger partial charge >= 0.3 is 24.8 Å². The molecule has 1 rings (SSSR count). The Labute approximate surface area is 103 Å². The van der Waals surface area contributed by atoms with Gasteiger partial charge in [0.15, 0.2) is 6.61 Å². The van der Waals surface area contributed by atoms with E-state index < -0.39 is 5.97 Å². The van der Waals surface area contributed by atoms with Crippen LogP contribution in [0.2, 0.25) is 0 Å². The van der Waals surface area contributed by atoms with E-state index in [9.17, 15) is 4.79 Å². The average Bonchev–Trinajstić information content (AvgIpc) is 2.18. The number of aliphatic carboxylic acids is 1. The normalized spacial score (nSPS) is 7.87. The van der Waals surface area contributed by atoms with Crippen LogP contribution in [0.1, 0.15) is 13.3 Å². The minimum absolute atomic E-state index is 0. The molecule has 0 saturated heterocycles. The molecule has 3 nitrogen and oxygen atoms in total. The SMILES string of the molecule is O=C(O)COc1ccccc1.[CH2-]CC.[Li+]. The summed E-state index contributed by atoms with van der Waals surface area (Å²) in [6.45, 7) is 5.21. The van der Waals surface area contributed by atoms with Crippen molar-refractivity contribution in [3.05, 3.63) is 37.3 Å². The summed E-state index contributed by atoms with van der Waals surface area (Å²) >= 11 is 0. The smallest absolute Gasteiger partial charge is 0.482 e. The van der Waals surface area contributed by atoms with Crippen molar-refractivity contribution in [2.75, 3.05) is 6.61 Å². The van der Waals surface area contributed by atoms with Gasteiger partial charge in [-0.3, -0.25) is 0 Å². The predicted octanol–water partition coefficient (Wildman–Crippen LogP) is -0.616. The third-order valence-electron chi connectivity index (χ3n) is 1.11. The van der Waals surface area contributed by atoms with Gasteiger partial charge in [0, 0.05) is 0 Å². The number of hydrogen-bond acceptors (Lipinski definition) is 2. The summed E-state index contributed by atoms with van der Waals surface area (Å²) < 4.78 is 4.87. The van der Waals surface area contributed by atoms with Gasteiger partial charge in [0.25, 0.3) is 0 Å². The number of ether oxygens (including phenoxy) is 1. The van der Waals surface area contributed by atoms with Crippen molar-refractivity contribution in [1.29, 1.82) is 0 Å². The van der Waals surface area contributed by atoms with Crippen molar-refractivity contribution in [3.63, 3.8) is 0 Å². The third kappa shape index (κ3) is 11.0. The van der Waals surface area contributed by atoms with E-state index in [1.54, 1.807) is 24.3 Å². The zero-order chi connectivity index (χ0) is 10.8. The van der Waals surface area contributed by atoms with E-state index in [2.05, 4.69) is 6.92 Å². The Morgan fingerprint density at radius 2 is 1.87 bits per heavy atom. The predicted molar refractivity (Wildman–Crippen MR) is 55.2 cm³/mol. The number of para-hydroxylation sites is 1. The molecule has 0 aromatic heterocycles. The number of benzene rings is 1. The fraction of sp³-hybridized carbons (Fsp3) is 0.273. The Bertz CT molecular complexity index is 249. The molecule has 0 radical (unpaired) electrons. The van der Waals surface area contributed by atoms with E-state index in [0.717, 1.165) is 6.42 Å². The number of carbonyl (C=O) groups is 1. The van der Waals surface area contributed by atoms with Crippen LogP contribution in [0.15, 0.2) is 30.3 Å². The molecular weight excluding hydrogens is 187 g/mol. The second kappa shape index (κ2) is 11.2. The molecular formula is C11H15LiO3. The molecule has 0 aliphatic rings. The maximum atomic E-state index is 10.0. The van der Waals surface area contributed by atoms with Gasteiger partial charge < -0.3 is 16.8 Å². The fourth-order valence-electron chi connectivity index (χ4n) is 0.662. The molecule has 4 heteroatoms. The largest absolute Gasteiger partial charge is 1.00 e. The molecule has 0 atom stereocenters. The molecule has 0 fully saturated rings. The summed E-state index contributed by atoms with van der Waals surface area (Å²) in [5.41, 5.74) is 0. The monoisotopic (exact) mass is 202 g/mol. The van der Waals surface area contributed by atoms with Crippen LogP contribution in [0.5, 0.6) is 5.75 Å². The Morgan fingerprint density at radius 1 is 1.40 bits per heavy atom. The summed E-state index contributed by atoms with van der Waals surface area (Å²) in [5, 5.41) is 8.25. The molecule has 0 aliphatic carbocycles. The summed E-state index contributed by atoms with van der Waals surface area (Å²) in [7, 11) is 0. The van der Waals surface area contributed by atoms with Gasteiger partial charge in [0.05, 0.1) is 0 Å². The zero-order valence-electron chi connectivity index (χ0n) is 9.27. The number of carboxylic acid groups (broad SMARTS) is 1. The van der Waals surface area contributed by atoms with Crippen LogP contribution in [0, 0.1) is 6.92 Å². The van der Waals surface area contributed by atoms with Gasteiger partial charge in [-0.1, -0.05) is 25.1 Å². The van der Waals surface area contributed by atoms with E-state index in [0.29, 0.717) is 5.75 Å². The van der Waals surface area contributed by atoms with Crippen LogP contribution in [0.3, 0.4) is 0 Å². The van der Waals surface area contributed by atoms with Crippen LogP contribution in [0.25, 0.3) is 0 Å². The quantitative estimate of drug-likeness (QED) is 0.525. The molecule has 1 aromatic rings. The minimum Gasteiger partial charge on any atom is -0.482 e. The second-order valence-corrected chi connectivity index (χ2v) is 2.50. The maximum absolute atomic E-state index is 10.0.